The van der Waals surface area contributed by atoms with Gasteiger partial charge in [-0.25, -0.2) is 0 Å². The molecule has 1 heteroatoms. The third kappa shape index (κ3) is 2.39. The van der Waals surface area contributed by atoms with Crippen molar-refractivity contribution in [3.63, 3.8) is 0 Å². The van der Waals surface area contributed by atoms with E-state index in [9.17, 15) is 5.11 Å². The Morgan fingerprint density at radius 1 is 1.28 bits per heavy atom. The van der Waals surface area contributed by atoms with E-state index in [0.29, 0.717) is 5.41 Å². The van der Waals surface area contributed by atoms with E-state index >= 15 is 0 Å². The van der Waals surface area contributed by atoms with Crippen molar-refractivity contribution in [1.82, 2.24) is 0 Å². The predicted molar refractivity (Wildman–Crippen MR) is 77.4 cm³/mol. The third-order valence-electron chi connectivity index (χ3n) is 6.08. The quantitative estimate of drug-likeness (QED) is 0.712. The standard InChI is InChI=1S/C17H30O/c1-5-15-9-8-13-6-7-14(12(2)11-18)10-16(13)17(15,3)4/h13,15-16,18H,5-11H2,1-4H3. The Bertz CT molecular complexity index is 327. The van der Waals surface area contributed by atoms with Crippen LogP contribution in [0.15, 0.2) is 11.1 Å². The molecule has 2 aliphatic rings. The van der Waals surface area contributed by atoms with Crippen LogP contribution >= 0.6 is 0 Å². The Morgan fingerprint density at radius 3 is 2.61 bits per heavy atom. The summed E-state index contributed by atoms with van der Waals surface area (Å²) in [5.41, 5.74) is 3.28. The molecule has 0 spiro atoms. The molecule has 1 N–H and O–H groups in total. The Hall–Kier alpha value is -0.300. The van der Waals surface area contributed by atoms with Crippen LogP contribution in [0, 0.1) is 23.2 Å². The maximum atomic E-state index is 9.35. The van der Waals surface area contributed by atoms with Crippen molar-refractivity contribution in [2.45, 2.75) is 66.2 Å². The van der Waals surface area contributed by atoms with Gasteiger partial charge in [0.1, 0.15) is 0 Å². The lowest BCUT2D eigenvalue weighted by molar-refractivity contribution is -0.00318. The molecule has 2 aliphatic carbocycles. The van der Waals surface area contributed by atoms with Crippen molar-refractivity contribution in [3.05, 3.63) is 11.1 Å². The normalized spacial score (nSPS) is 38.2. The molecule has 18 heavy (non-hydrogen) atoms. The smallest absolute Gasteiger partial charge is 0.0641 e. The zero-order valence-corrected chi connectivity index (χ0v) is 12.6. The first-order valence-corrected chi connectivity index (χ1v) is 7.79. The number of allylic oxidation sites excluding steroid dienone is 1. The fourth-order valence-electron chi connectivity index (χ4n) is 4.63. The third-order valence-corrected chi connectivity index (χ3v) is 6.08. The molecule has 0 aromatic carbocycles. The predicted octanol–water partition coefficient (Wildman–Crippen LogP) is 4.56. The van der Waals surface area contributed by atoms with Crippen molar-refractivity contribution in [1.29, 1.82) is 0 Å². The highest BCUT2D eigenvalue weighted by Crippen LogP contribution is 2.55. The molecule has 104 valence electrons. The maximum absolute atomic E-state index is 9.35. The molecular formula is C17H30O. The van der Waals surface area contributed by atoms with Gasteiger partial charge in [0.2, 0.25) is 0 Å². The first-order chi connectivity index (χ1) is 8.50. The van der Waals surface area contributed by atoms with Crippen LogP contribution in [0.25, 0.3) is 0 Å². The first-order valence-electron chi connectivity index (χ1n) is 7.79. The highest BCUT2D eigenvalue weighted by Gasteiger charge is 2.45. The second-order valence-electron chi connectivity index (χ2n) is 7.16. The van der Waals surface area contributed by atoms with Gasteiger partial charge in [-0.05, 0) is 67.8 Å². The molecule has 0 saturated heterocycles. The minimum absolute atomic E-state index is 0.254. The largest absolute Gasteiger partial charge is 0.392 e. The van der Waals surface area contributed by atoms with E-state index in [-0.39, 0.29) is 6.61 Å². The van der Waals surface area contributed by atoms with Gasteiger partial charge in [-0.15, -0.1) is 0 Å². The maximum Gasteiger partial charge on any atom is 0.0641 e. The van der Waals surface area contributed by atoms with Gasteiger partial charge in [-0.2, -0.15) is 0 Å². The molecule has 2 fully saturated rings. The second-order valence-corrected chi connectivity index (χ2v) is 7.16. The molecule has 0 heterocycles. The molecule has 0 bridgehead atoms. The molecule has 0 amide bonds. The van der Waals surface area contributed by atoms with Crippen LogP contribution in [0.3, 0.4) is 0 Å². The second kappa shape index (κ2) is 5.36. The number of hydrogen-bond donors (Lipinski definition) is 1. The van der Waals surface area contributed by atoms with Gasteiger partial charge in [-0.1, -0.05) is 32.8 Å². The van der Waals surface area contributed by atoms with Crippen LogP contribution < -0.4 is 0 Å². The SMILES string of the molecule is CCC1CCC2CCC(=C(C)CO)CC2C1(C)C. The Kier molecular flexibility index (Phi) is 4.21. The summed E-state index contributed by atoms with van der Waals surface area (Å²) in [5.74, 6) is 2.69. The van der Waals surface area contributed by atoms with E-state index in [1.54, 1.807) is 5.57 Å². The lowest BCUT2D eigenvalue weighted by Crippen LogP contribution is -2.43. The Labute approximate surface area is 113 Å². The van der Waals surface area contributed by atoms with Gasteiger partial charge in [0.05, 0.1) is 6.61 Å². The molecule has 3 unspecified atom stereocenters. The summed E-state index contributed by atoms with van der Waals surface area (Å²) in [6, 6.07) is 0. The van der Waals surface area contributed by atoms with E-state index in [1.807, 2.05) is 0 Å². The van der Waals surface area contributed by atoms with E-state index in [2.05, 4.69) is 27.7 Å². The van der Waals surface area contributed by atoms with Crippen LogP contribution in [0.1, 0.15) is 66.2 Å². The zero-order chi connectivity index (χ0) is 13.3. The van der Waals surface area contributed by atoms with Gasteiger partial charge < -0.3 is 5.11 Å². The molecule has 0 aliphatic heterocycles. The van der Waals surface area contributed by atoms with Crippen molar-refractivity contribution >= 4 is 0 Å². The molecule has 2 saturated carbocycles. The highest BCUT2D eigenvalue weighted by molar-refractivity contribution is 5.17. The summed E-state index contributed by atoms with van der Waals surface area (Å²) in [5, 5.41) is 9.35. The van der Waals surface area contributed by atoms with Gasteiger partial charge in [0.25, 0.3) is 0 Å². The summed E-state index contributed by atoms with van der Waals surface area (Å²) in [6.45, 7) is 9.71. The molecule has 3 atom stereocenters. The molecule has 0 radical (unpaired) electrons. The number of fused-ring (bicyclic) bond motifs is 1. The molecule has 1 nitrogen and oxygen atoms in total. The monoisotopic (exact) mass is 250 g/mol. The summed E-state index contributed by atoms with van der Waals surface area (Å²) in [4.78, 5) is 0. The lowest BCUT2D eigenvalue weighted by Gasteiger charge is -2.52. The van der Waals surface area contributed by atoms with Crippen LogP contribution in [-0.2, 0) is 0 Å². The molecule has 2 rings (SSSR count). The fraction of sp³-hybridized carbons (Fsp3) is 0.882. The van der Waals surface area contributed by atoms with Gasteiger partial charge in [-0.3, -0.25) is 0 Å². The Morgan fingerprint density at radius 2 is 2.00 bits per heavy atom. The summed E-state index contributed by atoms with van der Waals surface area (Å²) in [6.07, 6.45) is 8.05. The number of hydrogen-bond acceptors (Lipinski definition) is 1. The Balaban J connectivity index is 2.20. The average molecular weight is 250 g/mol. The number of aliphatic hydroxyl groups is 1. The van der Waals surface area contributed by atoms with Crippen LogP contribution in [0.5, 0.6) is 0 Å². The van der Waals surface area contributed by atoms with E-state index in [1.165, 1.54) is 44.1 Å². The van der Waals surface area contributed by atoms with Crippen molar-refractivity contribution < 1.29 is 5.11 Å². The van der Waals surface area contributed by atoms with Crippen molar-refractivity contribution in [2.75, 3.05) is 6.61 Å². The average Bonchev–Trinajstić information content (AvgIpc) is 2.37. The first kappa shape index (κ1) is 14.1. The van der Waals surface area contributed by atoms with Gasteiger partial charge in [0.15, 0.2) is 0 Å². The van der Waals surface area contributed by atoms with Crippen molar-refractivity contribution in [2.24, 2.45) is 23.2 Å². The molecule has 0 aromatic rings. The van der Waals surface area contributed by atoms with E-state index < -0.39 is 0 Å². The van der Waals surface area contributed by atoms with Crippen molar-refractivity contribution in [3.8, 4) is 0 Å². The minimum atomic E-state index is 0.254. The van der Waals surface area contributed by atoms with Gasteiger partial charge in [0, 0.05) is 0 Å². The zero-order valence-electron chi connectivity index (χ0n) is 12.6. The number of rotatable bonds is 2. The summed E-state index contributed by atoms with van der Waals surface area (Å²) >= 11 is 0. The number of aliphatic hydroxyl groups excluding tert-OH is 1. The summed E-state index contributed by atoms with van der Waals surface area (Å²) in [7, 11) is 0. The highest BCUT2D eigenvalue weighted by atomic mass is 16.3. The van der Waals surface area contributed by atoms with E-state index in [0.717, 1.165) is 17.8 Å². The van der Waals surface area contributed by atoms with E-state index in [4.69, 9.17) is 0 Å². The molecule has 0 aromatic heterocycles. The van der Waals surface area contributed by atoms with Crippen LogP contribution in [-0.4, -0.2) is 11.7 Å². The minimum Gasteiger partial charge on any atom is -0.392 e. The van der Waals surface area contributed by atoms with Crippen LogP contribution in [0.2, 0.25) is 0 Å². The summed E-state index contributed by atoms with van der Waals surface area (Å²) < 4.78 is 0. The topological polar surface area (TPSA) is 20.2 Å². The lowest BCUT2D eigenvalue weighted by atomic mass is 9.53. The van der Waals surface area contributed by atoms with Gasteiger partial charge >= 0.3 is 0 Å². The fourth-order valence-corrected chi connectivity index (χ4v) is 4.63. The van der Waals surface area contributed by atoms with Crippen LogP contribution in [0.4, 0.5) is 0 Å². The molecular weight excluding hydrogens is 220 g/mol.